The third-order valence-electron chi connectivity index (χ3n) is 4.82. The van der Waals surface area contributed by atoms with E-state index < -0.39 is 0 Å². The van der Waals surface area contributed by atoms with Gasteiger partial charge in [-0.3, -0.25) is 0 Å². The summed E-state index contributed by atoms with van der Waals surface area (Å²) in [6.45, 7) is 10.2. The van der Waals surface area contributed by atoms with E-state index in [0.717, 1.165) is 13.2 Å². The first kappa shape index (κ1) is 17.0. The molecule has 1 heterocycles. The van der Waals surface area contributed by atoms with Gasteiger partial charge in [-0.15, -0.1) is 0 Å². The molecule has 0 spiro atoms. The van der Waals surface area contributed by atoms with E-state index in [9.17, 15) is 0 Å². The van der Waals surface area contributed by atoms with Crippen LogP contribution in [-0.4, -0.2) is 25.8 Å². The molecule has 0 amide bonds. The first-order valence-corrected chi connectivity index (χ1v) is 8.58. The third-order valence-corrected chi connectivity index (χ3v) is 4.82. The number of hydrogen-bond acceptors (Lipinski definition) is 2. The van der Waals surface area contributed by atoms with Crippen LogP contribution in [0.3, 0.4) is 0 Å². The molecule has 2 atom stereocenters. The minimum absolute atomic E-state index is 0.532. The summed E-state index contributed by atoms with van der Waals surface area (Å²) in [7, 11) is 0. The predicted octanol–water partition coefficient (Wildman–Crippen LogP) is 4.53. The van der Waals surface area contributed by atoms with Crippen LogP contribution < -0.4 is 5.32 Å². The Morgan fingerprint density at radius 2 is 1.95 bits per heavy atom. The molecule has 2 nitrogen and oxygen atoms in total. The van der Waals surface area contributed by atoms with E-state index in [1.165, 1.54) is 64.3 Å². The molecule has 0 radical (unpaired) electrons. The lowest BCUT2D eigenvalue weighted by Gasteiger charge is -2.34. The normalized spacial score (nSPS) is 22.6. The van der Waals surface area contributed by atoms with E-state index in [1.54, 1.807) is 0 Å². The van der Waals surface area contributed by atoms with Gasteiger partial charge in [-0.25, -0.2) is 0 Å². The van der Waals surface area contributed by atoms with Crippen LogP contribution >= 0.6 is 0 Å². The molecule has 0 aromatic carbocycles. The maximum absolute atomic E-state index is 5.75. The van der Waals surface area contributed by atoms with E-state index in [-0.39, 0.29) is 0 Å². The summed E-state index contributed by atoms with van der Waals surface area (Å²) in [6, 6.07) is 0. The second-order valence-corrected chi connectivity index (χ2v) is 6.26. The Labute approximate surface area is 120 Å². The zero-order valence-electron chi connectivity index (χ0n) is 13.5. The van der Waals surface area contributed by atoms with Crippen LogP contribution in [-0.2, 0) is 4.74 Å². The summed E-state index contributed by atoms with van der Waals surface area (Å²) < 4.78 is 5.75. The second kappa shape index (κ2) is 9.77. The lowest BCUT2D eigenvalue weighted by molar-refractivity contribution is 0.0954. The van der Waals surface area contributed by atoms with E-state index >= 15 is 0 Å². The van der Waals surface area contributed by atoms with Gasteiger partial charge in [0, 0.05) is 13.2 Å². The van der Waals surface area contributed by atoms with Gasteiger partial charge >= 0.3 is 0 Å². The zero-order chi connectivity index (χ0) is 14.0. The minimum atomic E-state index is 0.532. The molecule has 0 bridgehead atoms. The second-order valence-electron chi connectivity index (χ2n) is 6.26. The fourth-order valence-corrected chi connectivity index (χ4v) is 3.30. The molecule has 2 unspecified atom stereocenters. The highest BCUT2D eigenvalue weighted by atomic mass is 16.5. The van der Waals surface area contributed by atoms with Gasteiger partial charge in [0.05, 0.1) is 6.10 Å². The van der Waals surface area contributed by atoms with Crippen LogP contribution in [0.15, 0.2) is 0 Å². The topological polar surface area (TPSA) is 21.3 Å². The van der Waals surface area contributed by atoms with Crippen LogP contribution in [0.25, 0.3) is 0 Å². The molecule has 1 fully saturated rings. The van der Waals surface area contributed by atoms with Crippen molar-refractivity contribution in [2.45, 2.75) is 84.7 Å². The van der Waals surface area contributed by atoms with Crippen molar-refractivity contribution in [3.63, 3.8) is 0 Å². The molecule has 1 aliphatic rings. The van der Waals surface area contributed by atoms with Crippen LogP contribution in [0.4, 0.5) is 0 Å². The van der Waals surface area contributed by atoms with Gasteiger partial charge in [0.2, 0.25) is 0 Å². The van der Waals surface area contributed by atoms with Crippen LogP contribution in [0.1, 0.15) is 78.6 Å². The SMILES string of the molecule is CCCCC(CC)(CCCC1CCCO1)CNCC. The molecule has 0 aliphatic carbocycles. The van der Waals surface area contributed by atoms with Gasteiger partial charge in [-0.1, -0.05) is 40.0 Å². The summed E-state index contributed by atoms with van der Waals surface area (Å²) in [5, 5.41) is 3.60. The maximum Gasteiger partial charge on any atom is 0.0576 e. The Bertz CT molecular complexity index is 203. The van der Waals surface area contributed by atoms with Crippen molar-refractivity contribution in [2.75, 3.05) is 19.7 Å². The number of ether oxygens (including phenoxy) is 1. The number of nitrogens with one attached hydrogen (secondary N) is 1. The number of hydrogen-bond donors (Lipinski definition) is 1. The Morgan fingerprint density at radius 1 is 1.16 bits per heavy atom. The summed E-state index contributed by atoms with van der Waals surface area (Å²) in [6.07, 6.45) is 12.5. The lowest BCUT2D eigenvalue weighted by Crippen LogP contribution is -2.34. The molecule has 2 heteroatoms. The molecule has 1 saturated heterocycles. The Morgan fingerprint density at radius 3 is 2.53 bits per heavy atom. The Hall–Kier alpha value is -0.0800. The minimum Gasteiger partial charge on any atom is -0.378 e. The number of unbranched alkanes of at least 4 members (excludes halogenated alkanes) is 1. The van der Waals surface area contributed by atoms with Gasteiger partial charge in [0.15, 0.2) is 0 Å². The Balaban J connectivity index is 2.36. The van der Waals surface area contributed by atoms with Crippen molar-refractivity contribution >= 4 is 0 Å². The fraction of sp³-hybridized carbons (Fsp3) is 1.00. The monoisotopic (exact) mass is 269 g/mol. The average molecular weight is 269 g/mol. The van der Waals surface area contributed by atoms with Crippen molar-refractivity contribution in [3.8, 4) is 0 Å². The third kappa shape index (κ3) is 6.27. The fourth-order valence-electron chi connectivity index (χ4n) is 3.30. The lowest BCUT2D eigenvalue weighted by atomic mass is 9.75. The molecular weight excluding hydrogens is 234 g/mol. The molecule has 1 N–H and O–H groups in total. The van der Waals surface area contributed by atoms with Crippen molar-refractivity contribution in [1.82, 2.24) is 5.32 Å². The van der Waals surface area contributed by atoms with Gasteiger partial charge < -0.3 is 10.1 Å². The van der Waals surface area contributed by atoms with E-state index in [2.05, 4.69) is 26.1 Å². The highest BCUT2D eigenvalue weighted by molar-refractivity contribution is 4.81. The predicted molar refractivity (Wildman–Crippen MR) is 83.6 cm³/mol. The summed E-state index contributed by atoms with van der Waals surface area (Å²) in [5.74, 6) is 0. The number of rotatable bonds is 11. The molecule has 19 heavy (non-hydrogen) atoms. The molecule has 0 saturated carbocycles. The Kier molecular flexibility index (Phi) is 8.72. The zero-order valence-corrected chi connectivity index (χ0v) is 13.5. The van der Waals surface area contributed by atoms with Gasteiger partial charge in [-0.05, 0) is 50.5 Å². The summed E-state index contributed by atoms with van der Waals surface area (Å²) in [5.41, 5.74) is 0.532. The molecule has 1 rings (SSSR count). The highest BCUT2D eigenvalue weighted by Crippen LogP contribution is 2.35. The largest absolute Gasteiger partial charge is 0.378 e. The molecule has 0 aromatic rings. The smallest absolute Gasteiger partial charge is 0.0576 e. The van der Waals surface area contributed by atoms with Gasteiger partial charge in [-0.2, -0.15) is 0 Å². The highest BCUT2D eigenvalue weighted by Gasteiger charge is 2.27. The van der Waals surface area contributed by atoms with E-state index in [4.69, 9.17) is 4.74 Å². The summed E-state index contributed by atoms with van der Waals surface area (Å²) >= 11 is 0. The van der Waals surface area contributed by atoms with Gasteiger partial charge in [0.25, 0.3) is 0 Å². The van der Waals surface area contributed by atoms with Crippen molar-refractivity contribution in [2.24, 2.45) is 5.41 Å². The maximum atomic E-state index is 5.75. The average Bonchev–Trinajstić information content (AvgIpc) is 2.95. The standard InChI is InChI=1S/C17H35NO/c1-4-7-12-17(5-2,15-18-6-3)13-8-10-16-11-9-14-19-16/h16,18H,4-15H2,1-3H3. The van der Waals surface area contributed by atoms with Crippen molar-refractivity contribution in [1.29, 1.82) is 0 Å². The molecular formula is C17H35NO. The van der Waals surface area contributed by atoms with E-state index in [0.29, 0.717) is 11.5 Å². The molecule has 114 valence electrons. The van der Waals surface area contributed by atoms with Crippen molar-refractivity contribution < 1.29 is 4.74 Å². The van der Waals surface area contributed by atoms with Crippen LogP contribution in [0, 0.1) is 5.41 Å². The van der Waals surface area contributed by atoms with E-state index in [1.807, 2.05) is 0 Å². The van der Waals surface area contributed by atoms with Gasteiger partial charge in [0.1, 0.15) is 0 Å². The quantitative estimate of drug-likeness (QED) is 0.595. The van der Waals surface area contributed by atoms with Crippen molar-refractivity contribution in [3.05, 3.63) is 0 Å². The summed E-state index contributed by atoms with van der Waals surface area (Å²) in [4.78, 5) is 0. The molecule has 1 aliphatic heterocycles. The van der Waals surface area contributed by atoms with Crippen LogP contribution in [0.2, 0.25) is 0 Å². The van der Waals surface area contributed by atoms with Crippen LogP contribution in [0.5, 0.6) is 0 Å². The molecule has 0 aromatic heterocycles. The first-order chi connectivity index (χ1) is 9.26. The first-order valence-electron chi connectivity index (χ1n) is 8.58.